The molecule has 0 aromatic heterocycles. The summed E-state index contributed by atoms with van der Waals surface area (Å²) in [5.74, 6) is -5.35. The topological polar surface area (TPSA) is 359 Å². The molecule has 19 nitrogen and oxygen atoms in total. The second-order valence-electron chi connectivity index (χ2n) is 39.4. The summed E-state index contributed by atoms with van der Waals surface area (Å²) in [6, 6.07) is 0. The Labute approximate surface area is 649 Å². The van der Waals surface area contributed by atoms with Crippen LogP contribution in [0.1, 0.15) is 193 Å². The molecule has 0 amide bonds. The first-order valence-electron chi connectivity index (χ1n) is 40.8. The highest BCUT2D eigenvalue weighted by Crippen LogP contribution is 2.76. The number of carbonyl (C=O) groups excluding carboxylic acids is 8. The van der Waals surface area contributed by atoms with Gasteiger partial charge in [0.05, 0.1) is 24.4 Å². The van der Waals surface area contributed by atoms with Gasteiger partial charge in [-0.1, -0.05) is 116 Å². The van der Waals surface area contributed by atoms with Crippen LogP contribution in [0.2, 0.25) is 0 Å². The normalized spacial score (nSPS) is 52.2. The molecule has 0 saturated heterocycles. The van der Waals surface area contributed by atoms with E-state index in [0.717, 1.165) is 24.8 Å². The van der Waals surface area contributed by atoms with Crippen molar-refractivity contribution in [2.75, 3.05) is 26.4 Å². The highest BCUT2D eigenvalue weighted by Gasteiger charge is 2.80. The van der Waals surface area contributed by atoms with Gasteiger partial charge >= 0.3 is 0 Å². The summed E-state index contributed by atoms with van der Waals surface area (Å²) >= 11 is 0. The predicted molar refractivity (Wildman–Crippen MR) is 403 cm³/mol. The minimum absolute atomic E-state index is 0.0462. The fraction of sp³-hybridized carbons (Fsp3) is 0.730. The fourth-order valence-electron chi connectivity index (χ4n) is 29.4. The second-order valence-corrected chi connectivity index (χ2v) is 39.4. The maximum Gasteiger partial charge on any atom is 0.190 e. The zero-order valence-electron chi connectivity index (χ0n) is 66.7. The molecule has 12 saturated carbocycles. The van der Waals surface area contributed by atoms with Crippen LogP contribution in [-0.2, 0) is 38.4 Å². The number of Topliss-reactive ketones (excluding diaryl/α,β-unsaturated/α-hetero) is 4. The molecule has 0 heterocycles. The molecular formula is C89H119F3O19. The summed E-state index contributed by atoms with van der Waals surface area (Å²) in [6.45, 7) is 21.5. The highest BCUT2D eigenvalue weighted by atomic mass is 19.2. The van der Waals surface area contributed by atoms with Crippen LogP contribution in [0, 0.1) is 126 Å². The van der Waals surface area contributed by atoms with Crippen molar-refractivity contribution >= 4 is 46.3 Å². The van der Waals surface area contributed by atoms with Crippen molar-refractivity contribution in [2.24, 2.45) is 126 Å². The summed E-state index contributed by atoms with van der Waals surface area (Å²) in [5, 5.41) is 117. The highest BCUT2D eigenvalue weighted by molar-refractivity contribution is 6.03. The number of halogens is 3. The molecule has 0 unspecified atom stereocenters. The molecule has 11 N–H and O–H groups in total. The Hall–Kier alpha value is -5.37. The number of aliphatic hydroxyl groups is 11. The monoisotopic (exact) mass is 1550 g/mol. The van der Waals surface area contributed by atoms with E-state index in [-0.39, 0.29) is 82.7 Å². The van der Waals surface area contributed by atoms with Crippen LogP contribution in [0.3, 0.4) is 0 Å². The molecule has 22 heteroatoms. The first-order valence-corrected chi connectivity index (χ1v) is 40.8. The lowest BCUT2D eigenvalue weighted by atomic mass is 9.43. The second kappa shape index (κ2) is 27.1. The molecule has 16 aliphatic rings. The van der Waals surface area contributed by atoms with Gasteiger partial charge in [0.2, 0.25) is 0 Å². The summed E-state index contributed by atoms with van der Waals surface area (Å²) < 4.78 is 50.6. The zero-order chi connectivity index (χ0) is 81.9. The molecule has 0 aromatic rings. The summed E-state index contributed by atoms with van der Waals surface area (Å²) in [7, 11) is 0. The van der Waals surface area contributed by atoms with E-state index in [0.29, 0.717) is 98.7 Å². The van der Waals surface area contributed by atoms with Gasteiger partial charge in [0.15, 0.2) is 63.3 Å². The zero-order valence-corrected chi connectivity index (χ0v) is 66.7. The lowest BCUT2D eigenvalue weighted by molar-refractivity contribution is -0.219. The minimum Gasteiger partial charge on any atom is -0.393 e. The number of hydrogen-bond acceptors (Lipinski definition) is 19. The Morgan fingerprint density at radius 3 is 1.05 bits per heavy atom. The Kier molecular flexibility index (Phi) is 20.4. The Morgan fingerprint density at radius 1 is 0.405 bits per heavy atom. The largest absolute Gasteiger partial charge is 0.393 e. The summed E-state index contributed by atoms with van der Waals surface area (Å²) in [4.78, 5) is 97.8. The molecule has 32 atom stereocenters. The predicted octanol–water partition coefficient (Wildman–Crippen LogP) is 8.77. The molecule has 610 valence electrons. The molecule has 111 heavy (non-hydrogen) atoms. The van der Waals surface area contributed by atoms with Gasteiger partial charge < -0.3 is 56.2 Å². The Balaban J connectivity index is 0.000000130. The van der Waals surface area contributed by atoms with Crippen LogP contribution in [0.25, 0.3) is 0 Å². The third-order valence-electron chi connectivity index (χ3n) is 35.6. The minimum atomic E-state index is -1.98. The molecule has 0 radical (unpaired) electrons. The van der Waals surface area contributed by atoms with Crippen molar-refractivity contribution in [1.82, 2.24) is 0 Å². The average Bonchev–Trinajstić information content (AvgIpc) is 1.61. The van der Waals surface area contributed by atoms with E-state index >= 15 is 13.2 Å². The SMILES string of the molecule is C[C@@H]1C[C@H]2[C@@H]3CCC4=CC(=O)C=C[C@]4(C)[C@@]3(F)[C@@H](O)C[C@]2(C)[C@@]1(O)C(=O)CO.C[C@@H]1C[C@H]2[C@@H]3CCC4=CC(=O)C=C[C@]4(C)[C@@]3(F)[C@@H](O)C[C@]2(C)[C@@]1(O)C(=O)CO.C[C@H]1C[C@@H]2[C@H]([C@@H](O)C[C@@]3(C)[C@H]2CC[C@]3(C)C(=O)CO)[C@@]2(C)C=CC(=O)C=C12.C[C@H]1C[C@H]2[C@@H]3CCC4=CC(=O)C=C[C@]4(C)[C@@]3(F)[C@@H](O)C[C@]2(C)[C@@]1(O)C(=O)CO. The number of hydrogen-bond donors (Lipinski definition) is 11. The number of rotatable bonds is 8. The molecule has 0 spiro atoms. The lowest BCUT2D eigenvalue weighted by Crippen LogP contribution is -2.69. The molecule has 0 aliphatic heterocycles. The van der Waals surface area contributed by atoms with Crippen molar-refractivity contribution in [3.8, 4) is 0 Å². The first kappa shape index (κ1) is 83.6. The Bertz CT molecular complexity index is 3900. The van der Waals surface area contributed by atoms with Gasteiger partial charge in [-0.25, -0.2) is 13.2 Å². The first-order chi connectivity index (χ1) is 51.5. The number of aliphatic hydroxyl groups excluding tert-OH is 8. The number of fused-ring (bicyclic) bond motifs is 20. The lowest BCUT2D eigenvalue weighted by Gasteiger charge is -2.62. The third-order valence-corrected chi connectivity index (χ3v) is 35.6. The van der Waals surface area contributed by atoms with Crippen LogP contribution in [0.4, 0.5) is 13.2 Å². The van der Waals surface area contributed by atoms with Crippen LogP contribution in [0.15, 0.2) is 95.2 Å². The number of carbonyl (C=O) groups is 8. The smallest absolute Gasteiger partial charge is 0.190 e. The van der Waals surface area contributed by atoms with Crippen molar-refractivity contribution < 1.29 is 108 Å². The quantitative estimate of drug-likeness (QED) is 0.108. The van der Waals surface area contributed by atoms with Crippen molar-refractivity contribution in [3.63, 3.8) is 0 Å². The van der Waals surface area contributed by atoms with Crippen molar-refractivity contribution in [3.05, 3.63) is 95.2 Å². The van der Waals surface area contributed by atoms with Gasteiger partial charge in [-0.15, -0.1) is 0 Å². The van der Waals surface area contributed by atoms with Gasteiger partial charge in [0, 0.05) is 67.0 Å². The third kappa shape index (κ3) is 10.6. The van der Waals surface area contributed by atoms with E-state index in [2.05, 4.69) is 20.8 Å². The number of ketones is 8. The van der Waals surface area contributed by atoms with Gasteiger partial charge in [0.1, 0.15) is 43.2 Å². The van der Waals surface area contributed by atoms with Gasteiger partial charge in [-0.05, 0) is 231 Å². The maximum atomic E-state index is 16.9. The van der Waals surface area contributed by atoms with E-state index in [4.69, 9.17) is 0 Å². The van der Waals surface area contributed by atoms with Gasteiger partial charge in [0.25, 0.3) is 0 Å². The van der Waals surface area contributed by atoms with Crippen LogP contribution in [-0.4, -0.2) is 187 Å². The fourth-order valence-corrected chi connectivity index (χ4v) is 29.4. The molecule has 0 aromatic carbocycles. The van der Waals surface area contributed by atoms with Crippen LogP contribution < -0.4 is 0 Å². The molecule has 0 bridgehead atoms. The summed E-state index contributed by atoms with van der Waals surface area (Å²) in [6.07, 6.45) is 21.6. The maximum absolute atomic E-state index is 16.9. The van der Waals surface area contributed by atoms with Crippen LogP contribution in [0.5, 0.6) is 0 Å². The van der Waals surface area contributed by atoms with Crippen LogP contribution >= 0.6 is 0 Å². The van der Waals surface area contributed by atoms with E-state index in [1.54, 1.807) is 92.7 Å². The Morgan fingerprint density at radius 2 is 0.721 bits per heavy atom. The number of allylic oxidation sites excluding steroid dienone is 16. The van der Waals surface area contributed by atoms with Crippen molar-refractivity contribution in [1.29, 1.82) is 0 Å². The standard InChI is InChI=1S/C23H32O4.3C22H29FO5/c1-13-9-15-16-6-8-22(3,19(27)12-24)23(16,4)11-18(26)20(15)21(2)7-5-14(25)10-17(13)21;3*1-12-8-16-15-5-4-13-9-14(25)6-7-19(13,2)21(15,23)17(26)10-20(16,3)22(12,28)18(27)11-24/h5,7,10,13,15-16,18,20,24,26H,6,8-9,11-12H2,1-4H3;3*6-7,9,12,15-17,24,26,28H,4-5,8,10-11H2,1-3H3/t13-,15-,16-,18-,20+,21-,22+,23-;2*12-,15+,16+,17+,19+,20+,21+,22+;12-,15-,16-,17-,19-,20-,21-,22-/m0110/s1. The average molecular weight is 1550 g/mol. The van der Waals surface area contributed by atoms with E-state index in [1.165, 1.54) is 36.5 Å². The van der Waals surface area contributed by atoms with Crippen molar-refractivity contribution in [2.45, 2.75) is 251 Å². The van der Waals surface area contributed by atoms with E-state index < -0.39 is 175 Å². The molecule has 16 rings (SSSR count). The molecular weight excluding hydrogens is 1430 g/mol. The molecule has 12 fully saturated rings. The molecule has 16 aliphatic carbocycles. The van der Waals surface area contributed by atoms with Gasteiger partial charge in [-0.3, -0.25) is 38.4 Å². The van der Waals surface area contributed by atoms with Gasteiger partial charge in [-0.2, -0.15) is 0 Å². The van der Waals surface area contributed by atoms with E-state index in [1.807, 2.05) is 13.0 Å². The summed E-state index contributed by atoms with van der Waals surface area (Å²) in [5.41, 5.74) is -15.5. The van der Waals surface area contributed by atoms with E-state index in [9.17, 15) is 94.5 Å². The number of alkyl halides is 3.